The standard InChI is InChI=1S/C11H13FN2O/c12-10-5-2-1-4-9(10)8-14-11(15)6-3-7-13-14/h1-2,4-5,13H,3,6-8H2. The van der Waals surface area contributed by atoms with Crippen molar-refractivity contribution in [2.75, 3.05) is 6.54 Å². The van der Waals surface area contributed by atoms with E-state index in [-0.39, 0.29) is 11.7 Å². The molecule has 1 N–H and O–H groups in total. The summed E-state index contributed by atoms with van der Waals surface area (Å²) in [6.45, 7) is 1.08. The third-order valence-corrected chi connectivity index (χ3v) is 2.46. The molecule has 0 unspecified atom stereocenters. The molecule has 1 aliphatic rings. The van der Waals surface area contributed by atoms with E-state index in [1.165, 1.54) is 11.1 Å². The van der Waals surface area contributed by atoms with Crippen molar-refractivity contribution in [1.82, 2.24) is 10.4 Å². The lowest BCUT2D eigenvalue weighted by molar-refractivity contribution is -0.137. The van der Waals surface area contributed by atoms with E-state index < -0.39 is 0 Å². The van der Waals surface area contributed by atoms with Crippen LogP contribution in [0.5, 0.6) is 0 Å². The van der Waals surface area contributed by atoms with Gasteiger partial charge in [-0.15, -0.1) is 0 Å². The molecule has 0 aliphatic carbocycles. The fourth-order valence-corrected chi connectivity index (χ4v) is 1.62. The maximum Gasteiger partial charge on any atom is 0.237 e. The molecule has 0 aromatic heterocycles. The minimum absolute atomic E-state index is 0.0319. The first-order valence-electron chi connectivity index (χ1n) is 5.04. The van der Waals surface area contributed by atoms with E-state index in [1.807, 2.05) is 0 Å². The number of nitrogens with zero attached hydrogens (tertiary/aromatic N) is 1. The van der Waals surface area contributed by atoms with Crippen molar-refractivity contribution in [3.05, 3.63) is 35.6 Å². The lowest BCUT2D eigenvalue weighted by atomic mass is 10.2. The van der Waals surface area contributed by atoms with Gasteiger partial charge in [0.05, 0.1) is 6.54 Å². The fourth-order valence-electron chi connectivity index (χ4n) is 1.62. The van der Waals surface area contributed by atoms with Crippen molar-refractivity contribution < 1.29 is 9.18 Å². The molecule has 0 atom stereocenters. The van der Waals surface area contributed by atoms with E-state index in [0.717, 1.165) is 13.0 Å². The van der Waals surface area contributed by atoms with Crippen LogP contribution in [0.2, 0.25) is 0 Å². The van der Waals surface area contributed by atoms with Gasteiger partial charge in [0.2, 0.25) is 5.91 Å². The van der Waals surface area contributed by atoms with Crippen molar-refractivity contribution in [2.45, 2.75) is 19.4 Å². The molecule has 1 aliphatic heterocycles. The summed E-state index contributed by atoms with van der Waals surface area (Å²) in [5.41, 5.74) is 3.50. The van der Waals surface area contributed by atoms with Gasteiger partial charge in [-0.05, 0) is 12.5 Å². The highest BCUT2D eigenvalue weighted by molar-refractivity contribution is 5.76. The Morgan fingerprint density at radius 3 is 2.93 bits per heavy atom. The molecule has 80 valence electrons. The zero-order valence-electron chi connectivity index (χ0n) is 8.37. The smallest absolute Gasteiger partial charge is 0.237 e. The predicted molar refractivity (Wildman–Crippen MR) is 54.2 cm³/mol. The maximum absolute atomic E-state index is 13.3. The first-order valence-corrected chi connectivity index (χ1v) is 5.04. The summed E-state index contributed by atoms with van der Waals surface area (Å²) >= 11 is 0. The lowest BCUT2D eigenvalue weighted by Crippen LogP contribution is -2.46. The second kappa shape index (κ2) is 4.40. The molecular weight excluding hydrogens is 195 g/mol. The molecule has 1 aromatic rings. The number of amides is 1. The van der Waals surface area contributed by atoms with Gasteiger partial charge >= 0.3 is 0 Å². The van der Waals surface area contributed by atoms with E-state index in [9.17, 15) is 9.18 Å². The fraction of sp³-hybridized carbons (Fsp3) is 0.364. The van der Waals surface area contributed by atoms with Crippen molar-refractivity contribution in [1.29, 1.82) is 0 Å². The third kappa shape index (κ3) is 2.33. The Kier molecular flexibility index (Phi) is 2.97. The normalized spacial score (nSPS) is 16.9. The van der Waals surface area contributed by atoms with Crippen molar-refractivity contribution in [3.63, 3.8) is 0 Å². The number of hydrazine groups is 1. The number of nitrogens with one attached hydrogen (secondary N) is 1. The Morgan fingerprint density at radius 2 is 2.20 bits per heavy atom. The summed E-state index contributed by atoms with van der Waals surface area (Å²) in [6.07, 6.45) is 1.40. The summed E-state index contributed by atoms with van der Waals surface area (Å²) in [6, 6.07) is 6.51. The van der Waals surface area contributed by atoms with E-state index in [2.05, 4.69) is 5.43 Å². The first kappa shape index (κ1) is 10.1. The first-order chi connectivity index (χ1) is 7.27. The van der Waals surface area contributed by atoms with Crippen LogP contribution in [0.15, 0.2) is 24.3 Å². The largest absolute Gasteiger partial charge is 0.273 e. The quantitative estimate of drug-likeness (QED) is 0.797. The second-order valence-corrected chi connectivity index (χ2v) is 3.58. The molecular formula is C11H13FN2O. The molecule has 0 radical (unpaired) electrons. The Morgan fingerprint density at radius 1 is 1.40 bits per heavy atom. The van der Waals surface area contributed by atoms with Gasteiger partial charge in [0.15, 0.2) is 0 Å². The Hall–Kier alpha value is -1.42. The van der Waals surface area contributed by atoms with Crippen LogP contribution < -0.4 is 5.43 Å². The van der Waals surface area contributed by atoms with Crippen LogP contribution in [0.3, 0.4) is 0 Å². The van der Waals surface area contributed by atoms with Gasteiger partial charge in [0, 0.05) is 18.5 Å². The monoisotopic (exact) mass is 208 g/mol. The van der Waals surface area contributed by atoms with Crippen LogP contribution in [-0.4, -0.2) is 17.5 Å². The zero-order valence-corrected chi connectivity index (χ0v) is 8.37. The van der Waals surface area contributed by atoms with Crippen LogP contribution in [-0.2, 0) is 11.3 Å². The highest BCUT2D eigenvalue weighted by Crippen LogP contribution is 2.11. The average Bonchev–Trinajstić information content (AvgIpc) is 2.24. The number of carbonyl (C=O) groups is 1. The summed E-state index contributed by atoms with van der Waals surface area (Å²) in [5.74, 6) is -0.234. The van der Waals surface area contributed by atoms with Crippen molar-refractivity contribution in [3.8, 4) is 0 Å². The summed E-state index contributed by atoms with van der Waals surface area (Å²) in [7, 11) is 0. The molecule has 0 bridgehead atoms. The highest BCUT2D eigenvalue weighted by atomic mass is 19.1. The SMILES string of the molecule is O=C1CCCNN1Cc1ccccc1F. The Bertz CT molecular complexity index is 367. The minimum Gasteiger partial charge on any atom is -0.273 e. The molecule has 1 saturated heterocycles. The van der Waals surface area contributed by atoms with Gasteiger partial charge in [-0.1, -0.05) is 18.2 Å². The van der Waals surface area contributed by atoms with Crippen molar-refractivity contribution in [2.24, 2.45) is 0 Å². The average molecular weight is 208 g/mol. The van der Waals surface area contributed by atoms with Gasteiger partial charge in [-0.2, -0.15) is 0 Å². The van der Waals surface area contributed by atoms with Gasteiger partial charge in [-0.25, -0.2) is 9.82 Å². The molecule has 2 rings (SSSR count). The minimum atomic E-state index is -0.266. The number of hydrogen-bond donors (Lipinski definition) is 1. The van der Waals surface area contributed by atoms with Gasteiger partial charge in [0.1, 0.15) is 5.82 Å². The maximum atomic E-state index is 13.3. The van der Waals surface area contributed by atoms with E-state index in [0.29, 0.717) is 18.5 Å². The zero-order chi connectivity index (χ0) is 10.7. The molecule has 0 spiro atoms. The van der Waals surface area contributed by atoms with Crippen LogP contribution in [0, 0.1) is 5.82 Å². The topological polar surface area (TPSA) is 32.3 Å². The summed E-state index contributed by atoms with van der Waals surface area (Å²) in [4.78, 5) is 11.5. The van der Waals surface area contributed by atoms with E-state index in [1.54, 1.807) is 18.2 Å². The summed E-state index contributed by atoms with van der Waals surface area (Å²) in [5, 5.41) is 1.49. The molecule has 15 heavy (non-hydrogen) atoms. The predicted octanol–water partition coefficient (Wildman–Crippen LogP) is 1.45. The van der Waals surface area contributed by atoms with Gasteiger partial charge in [-0.3, -0.25) is 9.80 Å². The van der Waals surface area contributed by atoms with E-state index in [4.69, 9.17) is 0 Å². The molecule has 3 nitrogen and oxygen atoms in total. The van der Waals surface area contributed by atoms with Crippen LogP contribution >= 0.6 is 0 Å². The number of rotatable bonds is 2. The lowest BCUT2D eigenvalue weighted by Gasteiger charge is -2.27. The molecule has 1 fully saturated rings. The van der Waals surface area contributed by atoms with E-state index >= 15 is 0 Å². The molecule has 0 saturated carbocycles. The Balaban J connectivity index is 2.08. The van der Waals surface area contributed by atoms with Crippen molar-refractivity contribution >= 4 is 5.91 Å². The molecule has 1 aromatic carbocycles. The molecule has 1 heterocycles. The van der Waals surface area contributed by atoms with Crippen LogP contribution in [0.1, 0.15) is 18.4 Å². The summed E-state index contributed by atoms with van der Waals surface area (Å²) < 4.78 is 13.3. The number of benzene rings is 1. The molecule has 4 heteroatoms. The number of halogens is 1. The molecule has 1 amide bonds. The number of carbonyl (C=O) groups excluding carboxylic acids is 1. The third-order valence-electron chi connectivity index (χ3n) is 2.46. The van der Waals surface area contributed by atoms with Crippen LogP contribution in [0.4, 0.5) is 4.39 Å². The Labute approximate surface area is 87.9 Å². The number of hydrogen-bond acceptors (Lipinski definition) is 2. The van der Waals surface area contributed by atoms with Gasteiger partial charge < -0.3 is 0 Å². The second-order valence-electron chi connectivity index (χ2n) is 3.58. The van der Waals surface area contributed by atoms with Crippen LogP contribution in [0.25, 0.3) is 0 Å². The highest BCUT2D eigenvalue weighted by Gasteiger charge is 2.18. The van der Waals surface area contributed by atoms with Gasteiger partial charge in [0.25, 0.3) is 0 Å².